The van der Waals surface area contributed by atoms with Gasteiger partial charge in [0.1, 0.15) is 0 Å². The van der Waals surface area contributed by atoms with E-state index in [0.717, 1.165) is 0 Å². The van der Waals surface area contributed by atoms with Crippen molar-refractivity contribution in [1.82, 2.24) is 0 Å². The van der Waals surface area contributed by atoms with Crippen molar-refractivity contribution in [1.29, 1.82) is 0 Å². The summed E-state index contributed by atoms with van der Waals surface area (Å²) in [5.41, 5.74) is 6.11. The van der Waals surface area contributed by atoms with E-state index in [1.54, 1.807) is 24.3 Å². The number of aliphatic hydroxyl groups is 2. The van der Waals surface area contributed by atoms with Crippen molar-refractivity contribution in [2.45, 2.75) is 12.1 Å². The van der Waals surface area contributed by atoms with E-state index in [4.69, 9.17) is 22.4 Å². The predicted octanol–water partition coefficient (Wildman–Crippen LogP) is 0.693. The maximum absolute atomic E-state index is 9.55. The van der Waals surface area contributed by atoms with Crippen LogP contribution in [0.15, 0.2) is 24.3 Å². The summed E-state index contributed by atoms with van der Waals surface area (Å²) < 4.78 is 0. The van der Waals surface area contributed by atoms with Crippen LogP contribution in [-0.4, -0.2) is 22.9 Å². The fourth-order valence-corrected chi connectivity index (χ4v) is 1.13. The van der Waals surface area contributed by atoms with Crippen LogP contribution in [0.4, 0.5) is 0 Å². The van der Waals surface area contributed by atoms with Crippen LogP contribution < -0.4 is 5.73 Å². The van der Waals surface area contributed by atoms with Gasteiger partial charge in [0.25, 0.3) is 0 Å². The predicted molar refractivity (Wildman–Crippen MR) is 51.5 cm³/mol. The third kappa shape index (κ3) is 2.67. The van der Waals surface area contributed by atoms with E-state index in [2.05, 4.69) is 0 Å². The average Bonchev–Trinajstić information content (AvgIpc) is 2.17. The van der Waals surface area contributed by atoms with Gasteiger partial charge < -0.3 is 15.9 Å². The molecular weight excluding hydrogens is 190 g/mol. The van der Waals surface area contributed by atoms with Gasteiger partial charge in [0.15, 0.2) is 0 Å². The molecule has 1 rings (SSSR count). The van der Waals surface area contributed by atoms with Gasteiger partial charge in [-0.15, -0.1) is 0 Å². The highest BCUT2D eigenvalue weighted by molar-refractivity contribution is 6.30. The van der Waals surface area contributed by atoms with Crippen molar-refractivity contribution in [2.75, 3.05) is 6.61 Å². The molecule has 0 aromatic heterocycles. The van der Waals surface area contributed by atoms with Gasteiger partial charge in [-0.2, -0.15) is 0 Å². The zero-order valence-corrected chi connectivity index (χ0v) is 7.78. The second kappa shape index (κ2) is 4.58. The number of aliphatic hydroxyl groups excluding tert-OH is 2. The Hall–Kier alpha value is -0.610. The van der Waals surface area contributed by atoms with E-state index in [0.29, 0.717) is 10.6 Å². The van der Waals surface area contributed by atoms with Crippen LogP contribution in [0.1, 0.15) is 11.7 Å². The largest absolute Gasteiger partial charge is 0.395 e. The molecule has 0 amide bonds. The van der Waals surface area contributed by atoms with E-state index in [9.17, 15) is 5.11 Å². The van der Waals surface area contributed by atoms with Gasteiger partial charge in [0, 0.05) is 5.02 Å². The van der Waals surface area contributed by atoms with Crippen LogP contribution in [0.25, 0.3) is 0 Å². The molecule has 1 aromatic rings. The zero-order valence-electron chi connectivity index (χ0n) is 7.02. The smallest absolute Gasteiger partial charge is 0.0963 e. The van der Waals surface area contributed by atoms with Crippen molar-refractivity contribution < 1.29 is 10.2 Å². The molecule has 1 aromatic carbocycles. The molecule has 0 aliphatic carbocycles. The molecule has 0 heterocycles. The van der Waals surface area contributed by atoms with Gasteiger partial charge in [0.2, 0.25) is 0 Å². The fourth-order valence-electron chi connectivity index (χ4n) is 1.01. The van der Waals surface area contributed by atoms with Crippen molar-refractivity contribution >= 4 is 11.6 Å². The van der Waals surface area contributed by atoms with Gasteiger partial charge in [-0.05, 0) is 17.7 Å². The molecule has 0 saturated heterocycles. The number of hydrogen-bond acceptors (Lipinski definition) is 3. The van der Waals surface area contributed by atoms with Crippen LogP contribution in [0.5, 0.6) is 0 Å². The Kier molecular flexibility index (Phi) is 3.69. The maximum Gasteiger partial charge on any atom is 0.0963 e. The van der Waals surface area contributed by atoms with Gasteiger partial charge >= 0.3 is 0 Å². The van der Waals surface area contributed by atoms with Gasteiger partial charge in [-0.25, -0.2) is 0 Å². The molecular formula is C9H12ClNO2. The highest BCUT2D eigenvalue weighted by Crippen LogP contribution is 2.17. The fraction of sp³-hybridized carbons (Fsp3) is 0.333. The summed E-state index contributed by atoms with van der Waals surface area (Å²) in [5, 5.41) is 18.9. The molecule has 4 N–H and O–H groups in total. The minimum atomic E-state index is -0.845. The normalized spacial score (nSPS) is 15.4. The second-order valence-electron chi connectivity index (χ2n) is 2.84. The zero-order chi connectivity index (χ0) is 9.84. The second-order valence-corrected chi connectivity index (χ2v) is 3.28. The Morgan fingerprint density at radius 1 is 1.31 bits per heavy atom. The van der Waals surface area contributed by atoms with E-state index in [-0.39, 0.29) is 6.61 Å². The summed E-state index contributed by atoms with van der Waals surface area (Å²) in [4.78, 5) is 0. The Labute approximate surface area is 81.8 Å². The third-order valence-electron chi connectivity index (χ3n) is 1.83. The van der Waals surface area contributed by atoms with E-state index >= 15 is 0 Å². The minimum Gasteiger partial charge on any atom is -0.395 e. The highest BCUT2D eigenvalue weighted by Gasteiger charge is 2.15. The summed E-state index contributed by atoms with van der Waals surface area (Å²) in [5.74, 6) is 0. The van der Waals surface area contributed by atoms with Gasteiger partial charge in [-0.1, -0.05) is 23.7 Å². The van der Waals surface area contributed by atoms with Crippen molar-refractivity contribution in [2.24, 2.45) is 5.73 Å². The molecule has 13 heavy (non-hydrogen) atoms. The molecule has 0 unspecified atom stereocenters. The first-order valence-corrected chi connectivity index (χ1v) is 4.33. The first-order chi connectivity index (χ1) is 6.15. The Bertz CT molecular complexity index is 263. The monoisotopic (exact) mass is 201 g/mol. The number of rotatable bonds is 3. The highest BCUT2D eigenvalue weighted by atomic mass is 35.5. The summed E-state index contributed by atoms with van der Waals surface area (Å²) in [6, 6.07) is 6.06. The lowest BCUT2D eigenvalue weighted by molar-refractivity contribution is 0.109. The first kappa shape index (κ1) is 10.5. The third-order valence-corrected chi connectivity index (χ3v) is 2.08. The lowest BCUT2D eigenvalue weighted by atomic mass is 10.0. The lowest BCUT2D eigenvalue weighted by Gasteiger charge is -2.16. The molecule has 0 aliphatic heterocycles. The Morgan fingerprint density at radius 3 is 2.31 bits per heavy atom. The minimum absolute atomic E-state index is 0.246. The molecule has 0 aliphatic rings. The van der Waals surface area contributed by atoms with E-state index < -0.39 is 12.1 Å². The van der Waals surface area contributed by atoms with Gasteiger partial charge in [0.05, 0.1) is 18.8 Å². The standard InChI is InChI=1S/C9H12ClNO2/c10-7-3-1-6(2-4-7)9(13)8(11)5-12/h1-4,8-9,12-13H,5,11H2/t8-,9-/m0/s1. The van der Waals surface area contributed by atoms with E-state index in [1.807, 2.05) is 0 Å². The van der Waals surface area contributed by atoms with Gasteiger partial charge in [-0.3, -0.25) is 0 Å². The summed E-state index contributed by atoms with van der Waals surface area (Å²) >= 11 is 5.67. The lowest BCUT2D eigenvalue weighted by Crippen LogP contribution is -2.31. The quantitative estimate of drug-likeness (QED) is 0.674. The average molecular weight is 202 g/mol. The Morgan fingerprint density at radius 2 is 1.85 bits per heavy atom. The van der Waals surface area contributed by atoms with Crippen molar-refractivity contribution in [3.8, 4) is 0 Å². The van der Waals surface area contributed by atoms with Crippen LogP contribution in [0.3, 0.4) is 0 Å². The molecule has 0 spiro atoms. The number of hydrogen-bond donors (Lipinski definition) is 3. The van der Waals surface area contributed by atoms with Crippen molar-refractivity contribution in [3.63, 3.8) is 0 Å². The molecule has 3 nitrogen and oxygen atoms in total. The maximum atomic E-state index is 9.55. The van der Waals surface area contributed by atoms with Crippen LogP contribution in [-0.2, 0) is 0 Å². The molecule has 0 bridgehead atoms. The van der Waals surface area contributed by atoms with Crippen LogP contribution in [0.2, 0.25) is 5.02 Å². The first-order valence-electron chi connectivity index (χ1n) is 3.95. The topological polar surface area (TPSA) is 66.5 Å². The molecule has 2 atom stereocenters. The SMILES string of the molecule is N[C@@H](CO)[C@@H](O)c1ccc(Cl)cc1. The number of benzene rings is 1. The Balaban J connectivity index is 2.77. The molecule has 0 saturated carbocycles. The number of halogens is 1. The molecule has 0 radical (unpaired) electrons. The van der Waals surface area contributed by atoms with Crippen LogP contribution in [0, 0.1) is 0 Å². The number of nitrogens with two attached hydrogens (primary N) is 1. The summed E-state index contributed by atoms with van der Waals surface area (Å²) in [7, 11) is 0. The summed E-state index contributed by atoms with van der Waals surface area (Å²) in [6.07, 6.45) is -0.845. The van der Waals surface area contributed by atoms with Crippen LogP contribution >= 0.6 is 11.6 Å². The molecule has 4 heteroatoms. The molecule has 72 valence electrons. The van der Waals surface area contributed by atoms with Crippen molar-refractivity contribution in [3.05, 3.63) is 34.9 Å². The molecule has 0 fully saturated rings. The van der Waals surface area contributed by atoms with E-state index in [1.165, 1.54) is 0 Å². The summed E-state index contributed by atoms with van der Waals surface area (Å²) in [6.45, 7) is -0.246.